The van der Waals surface area contributed by atoms with Crippen LogP contribution in [0.4, 0.5) is 0 Å². The normalized spacial score (nSPS) is 31.1. The predicted octanol–water partition coefficient (Wildman–Crippen LogP) is 2.93. The van der Waals surface area contributed by atoms with Gasteiger partial charge < -0.3 is 10.6 Å². The molecule has 1 unspecified atom stereocenters. The molecule has 1 heterocycles. The van der Waals surface area contributed by atoms with Crippen molar-refractivity contribution < 1.29 is 0 Å². The maximum atomic E-state index is 3.82. The van der Waals surface area contributed by atoms with Crippen LogP contribution in [0.15, 0.2) is 0 Å². The van der Waals surface area contributed by atoms with Crippen molar-refractivity contribution in [1.82, 2.24) is 10.6 Å². The van der Waals surface area contributed by atoms with E-state index in [0.29, 0.717) is 5.41 Å². The summed E-state index contributed by atoms with van der Waals surface area (Å²) in [6.45, 7) is 8.53. The minimum Gasteiger partial charge on any atom is -0.317 e. The van der Waals surface area contributed by atoms with Crippen LogP contribution in [0.5, 0.6) is 0 Å². The molecule has 0 aromatic rings. The first-order chi connectivity index (χ1) is 8.16. The van der Waals surface area contributed by atoms with Gasteiger partial charge in [-0.05, 0) is 75.9 Å². The first kappa shape index (κ1) is 13.4. The molecule has 0 spiro atoms. The van der Waals surface area contributed by atoms with E-state index in [4.69, 9.17) is 0 Å². The monoisotopic (exact) mass is 238 g/mol. The highest BCUT2D eigenvalue weighted by Crippen LogP contribution is 2.37. The fraction of sp³-hybridized carbons (Fsp3) is 1.00. The zero-order valence-electron chi connectivity index (χ0n) is 11.7. The molecule has 1 aliphatic carbocycles. The fourth-order valence-electron chi connectivity index (χ4n) is 3.22. The van der Waals surface area contributed by atoms with E-state index in [0.717, 1.165) is 12.0 Å². The summed E-state index contributed by atoms with van der Waals surface area (Å²) in [4.78, 5) is 0. The summed E-state index contributed by atoms with van der Waals surface area (Å²) in [6.07, 6.45) is 9.74. The standard InChI is InChI=1S/C15H30N2/c1-15(2)8-5-13(6-9-15)12-17-14-4-3-10-16-11-7-14/h13-14,16-17H,3-12H2,1-2H3. The highest BCUT2D eigenvalue weighted by Gasteiger charge is 2.26. The van der Waals surface area contributed by atoms with Crippen LogP contribution in [0, 0.1) is 11.3 Å². The molecule has 100 valence electrons. The summed E-state index contributed by atoms with van der Waals surface area (Å²) in [7, 11) is 0. The third-order valence-corrected chi connectivity index (χ3v) is 4.73. The zero-order chi connectivity index (χ0) is 12.1. The molecule has 1 aliphatic heterocycles. The lowest BCUT2D eigenvalue weighted by atomic mass is 9.73. The van der Waals surface area contributed by atoms with Crippen molar-refractivity contribution in [2.75, 3.05) is 19.6 Å². The van der Waals surface area contributed by atoms with Crippen LogP contribution in [0.25, 0.3) is 0 Å². The van der Waals surface area contributed by atoms with Crippen molar-refractivity contribution in [2.45, 2.75) is 64.8 Å². The van der Waals surface area contributed by atoms with Gasteiger partial charge in [0.05, 0.1) is 0 Å². The lowest BCUT2D eigenvalue weighted by Crippen LogP contribution is -2.36. The lowest BCUT2D eigenvalue weighted by Gasteiger charge is -2.35. The van der Waals surface area contributed by atoms with Gasteiger partial charge in [0.1, 0.15) is 0 Å². The van der Waals surface area contributed by atoms with Crippen LogP contribution in [0.1, 0.15) is 58.8 Å². The van der Waals surface area contributed by atoms with E-state index in [1.165, 1.54) is 64.6 Å². The molecule has 2 aliphatic rings. The van der Waals surface area contributed by atoms with Gasteiger partial charge in [0.15, 0.2) is 0 Å². The Morgan fingerprint density at radius 3 is 2.59 bits per heavy atom. The van der Waals surface area contributed by atoms with Gasteiger partial charge in [-0.3, -0.25) is 0 Å². The van der Waals surface area contributed by atoms with Crippen molar-refractivity contribution in [3.05, 3.63) is 0 Å². The Labute approximate surface area is 107 Å². The van der Waals surface area contributed by atoms with Gasteiger partial charge in [-0.15, -0.1) is 0 Å². The molecule has 2 nitrogen and oxygen atoms in total. The molecule has 0 aromatic carbocycles. The number of rotatable bonds is 3. The second kappa shape index (κ2) is 6.19. The molecule has 1 saturated carbocycles. The average molecular weight is 238 g/mol. The highest BCUT2D eigenvalue weighted by atomic mass is 14.9. The summed E-state index contributed by atoms with van der Waals surface area (Å²) in [5, 5.41) is 7.30. The second-order valence-electron chi connectivity index (χ2n) is 6.89. The van der Waals surface area contributed by atoms with Crippen molar-refractivity contribution >= 4 is 0 Å². The van der Waals surface area contributed by atoms with Crippen LogP contribution in [-0.2, 0) is 0 Å². The molecular formula is C15H30N2. The van der Waals surface area contributed by atoms with Crippen molar-refractivity contribution in [2.24, 2.45) is 11.3 Å². The summed E-state index contributed by atoms with van der Waals surface area (Å²) >= 11 is 0. The number of hydrogen-bond donors (Lipinski definition) is 2. The topological polar surface area (TPSA) is 24.1 Å². The molecule has 0 aromatic heterocycles. The number of hydrogen-bond acceptors (Lipinski definition) is 2. The molecule has 2 rings (SSSR count). The van der Waals surface area contributed by atoms with Gasteiger partial charge in [0.2, 0.25) is 0 Å². The van der Waals surface area contributed by atoms with Crippen LogP contribution < -0.4 is 10.6 Å². The molecule has 0 radical (unpaired) electrons. The van der Waals surface area contributed by atoms with E-state index in [1.54, 1.807) is 0 Å². The van der Waals surface area contributed by atoms with Crippen LogP contribution >= 0.6 is 0 Å². The van der Waals surface area contributed by atoms with E-state index < -0.39 is 0 Å². The first-order valence-electron chi connectivity index (χ1n) is 7.60. The fourth-order valence-corrected chi connectivity index (χ4v) is 3.22. The Balaban J connectivity index is 1.64. The number of nitrogens with one attached hydrogen (secondary N) is 2. The summed E-state index contributed by atoms with van der Waals surface area (Å²) in [5.41, 5.74) is 0.614. The predicted molar refractivity (Wildman–Crippen MR) is 74.3 cm³/mol. The largest absolute Gasteiger partial charge is 0.317 e. The van der Waals surface area contributed by atoms with E-state index in [-0.39, 0.29) is 0 Å². The zero-order valence-corrected chi connectivity index (χ0v) is 11.7. The molecule has 0 bridgehead atoms. The second-order valence-corrected chi connectivity index (χ2v) is 6.89. The summed E-state index contributed by atoms with van der Waals surface area (Å²) < 4.78 is 0. The van der Waals surface area contributed by atoms with Gasteiger partial charge in [-0.2, -0.15) is 0 Å². The third kappa shape index (κ3) is 4.59. The van der Waals surface area contributed by atoms with E-state index >= 15 is 0 Å². The van der Waals surface area contributed by atoms with Crippen LogP contribution in [0.3, 0.4) is 0 Å². The molecule has 17 heavy (non-hydrogen) atoms. The Hall–Kier alpha value is -0.0800. The third-order valence-electron chi connectivity index (χ3n) is 4.73. The van der Waals surface area contributed by atoms with E-state index in [1.807, 2.05) is 0 Å². The minimum absolute atomic E-state index is 0.614. The van der Waals surface area contributed by atoms with Gasteiger partial charge in [0, 0.05) is 6.04 Å². The quantitative estimate of drug-likeness (QED) is 0.790. The molecular weight excluding hydrogens is 208 g/mol. The van der Waals surface area contributed by atoms with Crippen LogP contribution in [0.2, 0.25) is 0 Å². The molecule has 2 heteroatoms. The van der Waals surface area contributed by atoms with Crippen molar-refractivity contribution in [3.8, 4) is 0 Å². The molecule has 2 fully saturated rings. The minimum atomic E-state index is 0.614. The molecule has 2 N–H and O–H groups in total. The lowest BCUT2D eigenvalue weighted by molar-refractivity contribution is 0.185. The average Bonchev–Trinajstić information content (AvgIpc) is 2.56. The van der Waals surface area contributed by atoms with Crippen LogP contribution in [-0.4, -0.2) is 25.7 Å². The summed E-state index contributed by atoms with van der Waals surface area (Å²) in [6, 6.07) is 0.778. The Morgan fingerprint density at radius 1 is 1.06 bits per heavy atom. The Bertz CT molecular complexity index is 207. The maximum absolute atomic E-state index is 3.82. The van der Waals surface area contributed by atoms with Gasteiger partial charge in [0.25, 0.3) is 0 Å². The van der Waals surface area contributed by atoms with Crippen molar-refractivity contribution in [1.29, 1.82) is 0 Å². The van der Waals surface area contributed by atoms with Gasteiger partial charge in [-0.25, -0.2) is 0 Å². The maximum Gasteiger partial charge on any atom is 0.00797 e. The summed E-state index contributed by atoms with van der Waals surface area (Å²) in [5.74, 6) is 0.944. The van der Waals surface area contributed by atoms with Gasteiger partial charge in [-0.1, -0.05) is 13.8 Å². The smallest absolute Gasteiger partial charge is 0.00797 e. The van der Waals surface area contributed by atoms with E-state index in [2.05, 4.69) is 24.5 Å². The molecule has 1 saturated heterocycles. The first-order valence-corrected chi connectivity index (χ1v) is 7.60. The van der Waals surface area contributed by atoms with Gasteiger partial charge >= 0.3 is 0 Å². The van der Waals surface area contributed by atoms with Crippen molar-refractivity contribution in [3.63, 3.8) is 0 Å². The van der Waals surface area contributed by atoms with E-state index in [9.17, 15) is 0 Å². The molecule has 0 amide bonds. The Kier molecular flexibility index (Phi) is 4.87. The molecule has 1 atom stereocenters. The Morgan fingerprint density at radius 2 is 1.82 bits per heavy atom. The highest BCUT2D eigenvalue weighted by molar-refractivity contribution is 4.81. The SMILES string of the molecule is CC1(C)CCC(CNC2CCCNCC2)CC1.